The highest BCUT2D eigenvalue weighted by Crippen LogP contribution is 2.34. The zero-order valence-electron chi connectivity index (χ0n) is 13.0. The van der Waals surface area contributed by atoms with Gasteiger partial charge in [-0.15, -0.1) is 0 Å². The lowest BCUT2D eigenvalue weighted by molar-refractivity contribution is 0.0971. The van der Waals surface area contributed by atoms with E-state index in [1.165, 1.54) is 12.1 Å². The van der Waals surface area contributed by atoms with Crippen LogP contribution in [0, 0.1) is 0 Å². The highest BCUT2D eigenvalue weighted by atomic mass is 35.5. The molecule has 25 heavy (non-hydrogen) atoms. The molecule has 3 aromatic rings. The van der Waals surface area contributed by atoms with Crippen LogP contribution in [0.2, 0.25) is 5.02 Å². The first kappa shape index (κ1) is 15.5. The van der Waals surface area contributed by atoms with Gasteiger partial charge in [-0.1, -0.05) is 66.2 Å². The minimum absolute atomic E-state index is 0.0817. The van der Waals surface area contributed by atoms with Crippen molar-refractivity contribution >= 4 is 29.0 Å². The topological polar surface area (TPSA) is 51.2 Å². The number of rotatable bonds is 2. The number of fused-ring (bicyclic) bond motifs is 2. The first-order valence-corrected chi connectivity index (χ1v) is 8.08. The van der Waals surface area contributed by atoms with E-state index in [0.717, 1.165) is 0 Å². The highest BCUT2D eigenvalue weighted by Gasteiger charge is 2.34. The van der Waals surface area contributed by atoms with E-state index in [9.17, 15) is 14.4 Å². The van der Waals surface area contributed by atoms with Crippen LogP contribution >= 0.6 is 11.6 Å². The first-order valence-electron chi connectivity index (χ1n) is 7.70. The van der Waals surface area contributed by atoms with E-state index in [0.29, 0.717) is 16.7 Å². The fourth-order valence-corrected chi connectivity index (χ4v) is 3.36. The lowest BCUT2D eigenvalue weighted by Crippen LogP contribution is -2.24. The number of benzene rings is 3. The Bertz CT molecular complexity index is 1050. The first-order chi connectivity index (χ1) is 12.1. The van der Waals surface area contributed by atoms with Gasteiger partial charge in [0.1, 0.15) is 0 Å². The Balaban J connectivity index is 1.99. The molecule has 0 heterocycles. The Morgan fingerprint density at radius 2 is 1.28 bits per heavy atom. The Labute approximate surface area is 148 Å². The van der Waals surface area contributed by atoms with E-state index in [1.54, 1.807) is 54.6 Å². The summed E-state index contributed by atoms with van der Waals surface area (Å²) in [6.07, 6.45) is 0. The monoisotopic (exact) mass is 346 g/mol. The average Bonchev–Trinajstić information content (AvgIpc) is 2.66. The summed E-state index contributed by atoms with van der Waals surface area (Å²) in [7, 11) is 0. The number of ketones is 3. The molecule has 0 saturated carbocycles. The van der Waals surface area contributed by atoms with Crippen LogP contribution < -0.4 is 0 Å². The third-order valence-corrected chi connectivity index (χ3v) is 4.62. The van der Waals surface area contributed by atoms with Gasteiger partial charge in [0.15, 0.2) is 17.3 Å². The van der Waals surface area contributed by atoms with Gasteiger partial charge in [-0.3, -0.25) is 14.4 Å². The molecule has 0 aliphatic heterocycles. The van der Waals surface area contributed by atoms with Crippen molar-refractivity contribution in [2.45, 2.75) is 0 Å². The van der Waals surface area contributed by atoms with Crippen LogP contribution in [-0.2, 0) is 0 Å². The molecule has 0 aromatic heterocycles. The Hall–Kier alpha value is -3.04. The summed E-state index contributed by atoms with van der Waals surface area (Å²) in [4.78, 5) is 38.7. The second-order valence-corrected chi connectivity index (χ2v) is 6.15. The van der Waals surface area contributed by atoms with Crippen molar-refractivity contribution in [3.63, 3.8) is 0 Å². The minimum atomic E-state index is -0.372. The molecule has 1 aliphatic carbocycles. The van der Waals surface area contributed by atoms with E-state index >= 15 is 0 Å². The molecule has 120 valence electrons. The molecular weight excluding hydrogens is 336 g/mol. The zero-order valence-corrected chi connectivity index (χ0v) is 13.7. The van der Waals surface area contributed by atoms with E-state index in [-0.39, 0.29) is 39.1 Å². The van der Waals surface area contributed by atoms with E-state index in [1.807, 2.05) is 0 Å². The lowest BCUT2D eigenvalue weighted by atomic mass is 9.80. The SMILES string of the molecule is O=C1c2ccccc2C(=O)c2c1ccc(Cl)c2C(=O)c1ccccc1. The summed E-state index contributed by atoms with van der Waals surface area (Å²) in [5, 5.41) is 0.160. The maximum absolute atomic E-state index is 13.0. The van der Waals surface area contributed by atoms with E-state index in [4.69, 9.17) is 11.6 Å². The predicted octanol–water partition coefficient (Wildman–Crippen LogP) is 4.35. The molecule has 0 radical (unpaired) electrons. The molecule has 4 rings (SSSR count). The van der Waals surface area contributed by atoms with Crippen LogP contribution in [0.4, 0.5) is 0 Å². The molecule has 3 aromatic carbocycles. The minimum Gasteiger partial charge on any atom is -0.289 e. The van der Waals surface area contributed by atoms with Crippen LogP contribution in [0.25, 0.3) is 0 Å². The van der Waals surface area contributed by atoms with Gasteiger partial charge in [0.25, 0.3) is 0 Å². The van der Waals surface area contributed by atoms with Crippen molar-refractivity contribution in [3.8, 4) is 0 Å². The fourth-order valence-electron chi connectivity index (χ4n) is 3.12. The maximum Gasteiger partial charge on any atom is 0.195 e. The highest BCUT2D eigenvalue weighted by molar-refractivity contribution is 6.39. The quantitative estimate of drug-likeness (QED) is 0.507. The molecule has 1 aliphatic rings. The molecule has 0 atom stereocenters. The standard InChI is InChI=1S/C21H11ClO3/c22-16-11-10-15-17(18(16)19(23)12-6-2-1-3-7-12)21(25)14-9-5-4-8-13(14)20(15)24/h1-11H. The molecule has 0 saturated heterocycles. The van der Waals surface area contributed by atoms with Crippen LogP contribution in [0.3, 0.4) is 0 Å². The van der Waals surface area contributed by atoms with E-state index in [2.05, 4.69) is 0 Å². The predicted molar refractivity (Wildman–Crippen MR) is 94.6 cm³/mol. The van der Waals surface area contributed by atoms with E-state index < -0.39 is 0 Å². The molecule has 0 bridgehead atoms. The second kappa shape index (κ2) is 5.80. The summed E-state index contributed by atoms with van der Waals surface area (Å²) >= 11 is 6.26. The second-order valence-electron chi connectivity index (χ2n) is 5.74. The molecule has 0 spiro atoms. The van der Waals surface area contributed by atoms with Gasteiger partial charge in [-0.25, -0.2) is 0 Å². The Morgan fingerprint density at radius 1 is 0.680 bits per heavy atom. The smallest absolute Gasteiger partial charge is 0.195 e. The molecular formula is C21H11ClO3. The number of halogens is 1. The lowest BCUT2D eigenvalue weighted by Gasteiger charge is -2.20. The fraction of sp³-hybridized carbons (Fsp3) is 0. The largest absolute Gasteiger partial charge is 0.289 e. The van der Waals surface area contributed by atoms with Gasteiger partial charge in [-0.2, -0.15) is 0 Å². The van der Waals surface area contributed by atoms with Gasteiger partial charge >= 0.3 is 0 Å². The van der Waals surface area contributed by atoms with Crippen LogP contribution in [0.1, 0.15) is 47.8 Å². The Kier molecular flexibility index (Phi) is 3.59. The number of hydrogen-bond acceptors (Lipinski definition) is 3. The van der Waals surface area contributed by atoms with Gasteiger partial charge in [0.05, 0.1) is 10.6 Å². The summed E-state index contributed by atoms with van der Waals surface area (Å²) in [6.45, 7) is 0. The average molecular weight is 347 g/mol. The summed E-state index contributed by atoms with van der Waals surface area (Å²) in [5.74, 6) is -1.00. The van der Waals surface area contributed by atoms with Crippen molar-refractivity contribution in [1.82, 2.24) is 0 Å². The van der Waals surface area contributed by atoms with Gasteiger partial charge < -0.3 is 0 Å². The van der Waals surface area contributed by atoms with Gasteiger partial charge in [-0.05, 0) is 12.1 Å². The van der Waals surface area contributed by atoms with Crippen LogP contribution in [0.5, 0.6) is 0 Å². The molecule has 0 unspecified atom stereocenters. The molecule has 4 heteroatoms. The number of hydrogen-bond donors (Lipinski definition) is 0. The van der Waals surface area contributed by atoms with Crippen molar-refractivity contribution in [2.75, 3.05) is 0 Å². The van der Waals surface area contributed by atoms with Crippen molar-refractivity contribution in [1.29, 1.82) is 0 Å². The molecule has 0 amide bonds. The third-order valence-electron chi connectivity index (χ3n) is 4.31. The third kappa shape index (κ3) is 2.32. The summed E-state index contributed by atoms with van der Waals surface area (Å²) in [5.41, 5.74) is 1.44. The number of carbonyl (C=O) groups is 3. The summed E-state index contributed by atoms with van der Waals surface area (Å²) < 4.78 is 0. The Morgan fingerprint density at radius 3 is 1.96 bits per heavy atom. The summed E-state index contributed by atoms with van der Waals surface area (Å²) in [6, 6.07) is 18.2. The van der Waals surface area contributed by atoms with Crippen molar-refractivity contribution < 1.29 is 14.4 Å². The van der Waals surface area contributed by atoms with Crippen molar-refractivity contribution in [2.24, 2.45) is 0 Å². The molecule has 0 fully saturated rings. The van der Waals surface area contributed by atoms with Crippen LogP contribution in [0.15, 0.2) is 66.7 Å². The normalized spacial score (nSPS) is 12.5. The van der Waals surface area contributed by atoms with Crippen LogP contribution in [-0.4, -0.2) is 17.3 Å². The van der Waals surface area contributed by atoms with Gasteiger partial charge in [0.2, 0.25) is 0 Å². The zero-order chi connectivity index (χ0) is 17.6. The molecule has 3 nitrogen and oxygen atoms in total. The van der Waals surface area contributed by atoms with Crippen molar-refractivity contribution in [3.05, 3.63) is 105 Å². The number of carbonyl (C=O) groups excluding carboxylic acids is 3. The van der Waals surface area contributed by atoms with Gasteiger partial charge in [0, 0.05) is 27.8 Å². The maximum atomic E-state index is 13.0. The molecule has 0 N–H and O–H groups in total.